The second-order valence-corrected chi connectivity index (χ2v) is 4.97. The van der Waals surface area contributed by atoms with E-state index in [9.17, 15) is 4.79 Å². The Hall–Kier alpha value is -2.17. The van der Waals surface area contributed by atoms with Crippen LogP contribution in [0, 0.1) is 13.8 Å². The van der Waals surface area contributed by atoms with Crippen molar-refractivity contribution in [3.05, 3.63) is 41.2 Å². The Labute approximate surface area is 118 Å². The number of hydrogen-bond donors (Lipinski definition) is 1. The molecular formula is C15H19N3O2. The zero-order valence-electron chi connectivity index (χ0n) is 11.8. The minimum Gasteiger partial charge on any atom is -0.481 e. The van der Waals surface area contributed by atoms with Gasteiger partial charge in [-0.1, -0.05) is 17.3 Å². The predicted molar refractivity (Wildman–Crippen MR) is 76.0 cm³/mol. The van der Waals surface area contributed by atoms with Crippen LogP contribution in [0.4, 0.5) is 0 Å². The number of hydrogen-bond acceptors (Lipinski definition) is 3. The van der Waals surface area contributed by atoms with Crippen LogP contribution >= 0.6 is 0 Å². The molecular weight excluding hydrogens is 254 g/mol. The number of aliphatic carboxylic acids is 1. The van der Waals surface area contributed by atoms with Crippen molar-refractivity contribution in [2.75, 3.05) is 0 Å². The fourth-order valence-corrected chi connectivity index (χ4v) is 2.10. The summed E-state index contributed by atoms with van der Waals surface area (Å²) >= 11 is 0. The van der Waals surface area contributed by atoms with E-state index in [4.69, 9.17) is 5.11 Å². The molecule has 5 heteroatoms. The number of aryl methyl sites for hydroxylation is 2. The number of aromatic nitrogens is 3. The van der Waals surface area contributed by atoms with Crippen LogP contribution < -0.4 is 0 Å². The van der Waals surface area contributed by atoms with Gasteiger partial charge in [-0.3, -0.25) is 4.79 Å². The molecule has 1 heterocycles. The van der Waals surface area contributed by atoms with Gasteiger partial charge in [-0.25, -0.2) is 4.68 Å². The van der Waals surface area contributed by atoms with E-state index in [0.717, 1.165) is 24.2 Å². The molecule has 0 bridgehead atoms. The molecule has 1 aromatic carbocycles. The van der Waals surface area contributed by atoms with Gasteiger partial charge in [-0.2, -0.15) is 0 Å². The van der Waals surface area contributed by atoms with E-state index in [1.807, 2.05) is 18.3 Å². The Morgan fingerprint density at radius 3 is 2.85 bits per heavy atom. The Kier molecular flexibility index (Phi) is 4.50. The molecule has 106 valence electrons. The molecule has 1 N–H and O–H groups in total. The molecule has 1 aromatic heterocycles. The summed E-state index contributed by atoms with van der Waals surface area (Å²) in [6.07, 6.45) is 4.38. The summed E-state index contributed by atoms with van der Waals surface area (Å²) in [5, 5.41) is 16.9. The Morgan fingerprint density at radius 1 is 1.30 bits per heavy atom. The third-order valence-electron chi connectivity index (χ3n) is 3.44. The summed E-state index contributed by atoms with van der Waals surface area (Å²) in [6, 6.07) is 6.10. The molecule has 0 radical (unpaired) electrons. The van der Waals surface area contributed by atoms with Crippen molar-refractivity contribution in [2.24, 2.45) is 0 Å². The molecule has 0 fully saturated rings. The van der Waals surface area contributed by atoms with Crippen LogP contribution in [0.15, 0.2) is 24.4 Å². The van der Waals surface area contributed by atoms with Crippen molar-refractivity contribution in [3.8, 4) is 5.69 Å². The van der Waals surface area contributed by atoms with E-state index in [1.165, 1.54) is 11.1 Å². The van der Waals surface area contributed by atoms with Gasteiger partial charge in [0.05, 0.1) is 17.6 Å². The van der Waals surface area contributed by atoms with Crippen LogP contribution in [0.25, 0.3) is 5.69 Å². The monoisotopic (exact) mass is 273 g/mol. The van der Waals surface area contributed by atoms with Gasteiger partial charge in [0.15, 0.2) is 0 Å². The largest absolute Gasteiger partial charge is 0.481 e. The lowest BCUT2D eigenvalue weighted by molar-refractivity contribution is -0.137. The minimum atomic E-state index is -0.746. The van der Waals surface area contributed by atoms with E-state index in [1.54, 1.807) is 4.68 Å². The highest BCUT2D eigenvalue weighted by Gasteiger charge is 2.07. The summed E-state index contributed by atoms with van der Waals surface area (Å²) in [4.78, 5) is 10.4. The lowest BCUT2D eigenvalue weighted by Gasteiger charge is -2.06. The van der Waals surface area contributed by atoms with Crippen LogP contribution in [0.5, 0.6) is 0 Å². The second-order valence-electron chi connectivity index (χ2n) is 4.97. The maximum atomic E-state index is 10.4. The number of rotatable bonds is 6. The molecule has 20 heavy (non-hydrogen) atoms. The first-order valence-electron chi connectivity index (χ1n) is 6.77. The molecule has 0 unspecified atom stereocenters. The number of unbranched alkanes of at least 4 members (excludes halogenated alkanes) is 1. The molecule has 0 aliphatic carbocycles. The van der Waals surface area contributed by atoms with Gasteiger partial charge in [0.25, 0.3) is 0 Å². The number of nitrogens with zero attached hydrogens (tertiary/aromatic N) is 3. The molecule has 0 saturated carbocycles. The highest BCUT2D eigenvalue weighted by atomic mass is 16.4. The summed E-state index contributed by atoms with van der Waals surface area (Å²) < 4.78 is 1.79. The summed E-state index contributed by atoms with van der Waals surface area (Å²) in [5.74, 6) is -0.746. The van der Waals surface area contributed by atoms with Crippen molar-refractivity contribution in [1.29, 1.82) is 0 Å². The first-order chi connectivity index (χ1) is 9.58. The van der Waals surface area contributed by atoms with E-state index < -0.39 is 5.97 Å². The smallest absolute Gasteiger partial charge is 0.303 e. The van der Waals surface area contributed by atoms with Crippen LogP contribution in [0.3, 0.4) is 0 Å². The molecule has 0 aliphatic heterocycles. The first kappa shape index (κ1) is 14.2. The molecule has 0 atom stereocenters. The van der Waals surface area contributed by atoms with Crippen LogP contribution in [0.1, 0.15) is 36.1 Å². The first-order valence-corrected chi connectivity index (χ1v) is 6.77. The number of carboxylic acid groups (broad SMARTS) is 1. The van der Waals surface area contributed by atoms with Crippen LogP contribution in [0.2, 0.25) is 0 Å². The lowest BCUT2D eigenvalue weighted by Crippen LogP contribution is -1.99. The SMILES string of the molecule is Cc1cccc(-n2cc(CCCCC(=O)O)nn2)c1C. The topological polar surface area (TPSA) is 68.0 Å². The third kappa shape index (κ3) is 3.44. The highest BCUT2D eigenvalue weighted by Crippen LogP contribution is 2.17. The van der Waals surface area contributed by atoms with Crippen LogP contribution in [-0.4, -0.2) is 26.1 Å². The maximum absolute atomic E-state index is 10.4. The standard InChI is InChI=1S/C15H19N3O2/c1-11-6-5-8-14(12(11)2)18-10-13(16-17-18)7-3-4-9-15(19)20/h5-6,8,10H,3-4,7,9H2,1-2H3,(H,19,20). The van der Waals surface area contributed by atoms with Gasteiger partial charge in [0.1, 0.15) is 0 Å². The van der Waals surface area contributed by atoms with Crippen LogP contribution in [-0.2, 0) is 11.2 Å². The fourth-order valence-electron chi connectivity index (χ4n) is 2.10. The van der Waals surface area contributed by atoms with Gasteiger partial charge in [0.2, 0.25) is 0 Å². The van der Waals surface area contributed by atoms with Crippen molar-refractivity contribution in [1.82, 2.24) is 15.0 Å². The van der Waals surface area contributed by atoms with Crippen molar-refractivity contribution >= 4 is 5.97 Å². The number of carboxylic acids is 1. The second kappa shape index (κ2) is 6.32. The highest BCUT2D eigenvalue weighted by molar-refractivity contribution is 5.66. The predicted octanol–water partition coefficient (Wildman–Crippen LogP) is 2.68. The van der Waals surface area contributed by atoms with Gasteiger partial charge < -0.3 is 5.11 Å². The maximum Gasteiger partial charge on any atom is 0.303 e. The van der Waals surface area contributed by atoms with E-state index in [2.05, 4.69) is 30.2 Å². The molecule has 0 saturated heterocycles. The minimum absolute atomic E-state index is 0.213. The third-order valence-corrected chi connectivity index (χ3v) is 3.44. The Morgan fingerprint density at radius 2 is 2.10 bits per heavy atom. The average Bonchev–Trinajstić information content (AvgIpc) is 2.86. The Bertz CT molecular complexity index is 605. The lowest BCUT2D eigenvalue weighted by atomic mass is 10.1. The van der Waals surface area contributed by atoms with Crippen molar-refractivity contribution in [2.45, 2.75) is 39.5 Å². The molecule has 0 amide bonds. The Balaban J connectivity index is 2.02. The van der Waals surface area contributed by atoms with Crippen molar-refractivity contribution < 1.29 is 9.90 Å². The zero-order valence-corrected chi connectivity index (χ0v) is 11.8. The van der Waals surface area contributed by atoms with E-state index in [-0.39, 0.29) is 6.42 Å². The normalized spacial score (nSPS) is 10.7. The van der Waals surface area contributed by atoms with Crippen molar-refractivity contribution in [3.63, 3.8) is 0 Å². The summed E-state index contributed by atoms with van der Waals surface area (Å²) in [6.45, 7) is 4.14. The van der Waals surface area contributed by atoms with Gasteiger partial charge >= 0.3 is 5.97 Å². The zero-order chi connectivity index (χ0) is 14.5. The molecule has 2 rings (SSSR count). The summed E-state index contributed by atoms with van der Waals surface area (Å²) in [7, 11) is 0. The number of carbonyl (C=O) groups is 1. The average molecular weight is 273 g/mol. The van der Waals surface area contributed by atoms with Gasteiger partial charge in [0, 0.05) is 6.42 Å². The fraction of sp³-hybridized carbons (Fsp3) is 0.400. The van der Waals surface area contributed by atoms with Gasteiger partial charge in [-0.15, -0.1) is 5.10 Å². The van der Waals surface area contributed by atoms with E-state index in [0.29, 0.717) is 6.42 Å². The molecule has 2 aromatic rings. The molecule has 5 nitrogen and oxygen atoms in total. The molecule has 0 spiro atoms. The van der Waals surface area contributed by atoms with Gasteiger partial charge in [-0.05, 0) is 50.3 Å². The quantitative estimate of drug-likeness (QED) is 0.822. The van der Waals surface area contributed by atoms with E-state index >= 15 is 0 Å². The molecule has 0 aliphatic rings. The number of benzene rings is 1. The summed E-state index contributed by atoms with van der Waals surface area (Å²) in [5.41, 5.74) is 4.35.